The molecule has 5 nitrogen and oxygen atoms in total. The lowest BCUT2D eigenvalue weighted by Gasteiger charge is -2.17. The van der Waals surface area contributed by atoms with Crippen molar-refractivity contribution >= 4 is 11.6 Å². The first-order chi connectivity index (χ1) is 9.28. The Balaban J connectivity index is 1.65. The van der Waals surface area contributed by atoms with Crippen LogP contribution in [0.15, 0.2) is 24.5 Å². The molecule has 2 fully saturated rings. The lowest BCUT2D eigenvalue weighted by Crippen LogP contribution is -2.31. The molecule has 102 valence electrons. The fourth-order valence-corrected chi connectivity index (χ4v) is 2.99. The fourth-order valence-electron chi connectivity index (χ4n) is 2.99. The highest BCUT2D eigenvalue weighted by atomic mass is 16.5. The monoisotopic (exact) mass is 261 g/mol. The molecule has 3 heterocycles. The van der Waals surface area contributed by atoms with Crippen molar-refractivity contribution in [1.29, 1.82) is 0 Å². The number of pyridine rings is 1. The van der Waals surface area contributed by atoms with Gasteiger partial charge in [-0.2, -0.15) is 0 Å². The van der Waals surface area contributed by atoms with Gasteiger partial charge in [0.1, 0.15) is 0 Å². The van der Waals surface area contributed by atoms with Crippen molar-refractivity contribution in [2.45, 2.75) is 13.0 Å². The van der Waals surface area contributed by atoms with E-state index < -0.39 is 0 Å². The summed E-state index contributed by atoms with van der Waals surface area (Å²) in [6.07, 6.45) is 3.59. The van der Waals surface area contributed by atoms with Gasteiger partial charge in [-0.3, -0.25) is 9.78 Å². The average molecular weight is 261 g/mol. The quantitative estimate of drug-likeness (QED) is 0.881. The van der Waals surface area contributed by atoms with E-state index in [1.807, 2.05) is 12.1 Å². The van der Waals surface area contributed by atoms with E-state index in [-0.39, 0.29) is 17.9 Å². The number of likely N-dealkylation sites (tertiary alicyclic amines) is 1. The van der Waals surface area contributed by atoms with Gasteiger partial charge in [-0.15, -0.1) is 0 Å². The molecule has 2 saturated heterocycles. The highest BCUT2D eigenvalue weighted by molar-refractivity contribution is 5.92. The molecule has 0 spiro atoms. The standard InChI is InChI=1S/C14H19N3O2/c1-2-17-7-11-12(9-19-13(11)8-17)14(18)16-10-4-3-5-15-6-10/h3-6,11-13H,2,7-9H2,1H3,(H,16,18)/t11-,12-,13-/m0/s1. The van der Waals surface area contributed by atoms with Crippen molar-refractivity contribution in [2.24, 2.45) is 11.8 Å². The summed E-state index contributed by atoms with van der Waals surface area (Å²) >= 11 is 0. The van der Waals surface area contributed by atoms with Crippen molar-refractivity contribution in [1.82, 2.24) is 9.88 Å². The first-order valence-corrected chi connectivity index (χ1v) is 6.82. The molecule has 3 rings (SSSR count). The Morgan fingerprint density at radius 2 is 2.47 bits per heavy atom. The second kappa shape index (κ2) is 5.27. The van der Waals surface area contributed by atoms with Crippen LogP contribution in [0.25, 0.3) is 0 Å². The van der Waals surface area contributed by atoms with E-state index in [1.165, 1.54) is 0 Å². The molecule has 0 bridgehead atoms. The zero-order valence-electron chi connectivity index (χ0n) is 11.1. The number of carbonyl (C=O) groups is 1. The minimum absolute atomic E-state index is 0.0400. The number of nitrogens with one attached hydrogen (secondary N) is 1. The molecule has 0 aromatic carbocycles. The lowest BCUT2D eigenvalue weighted by molar-refractivity contribution is -0.120. The molecule has 0 saturated carbocycles. The van der Waals surface area contributed by atoms with Gasteiger partial charge in [-0.1, -0.05) is 6.92 Å². The van der Waals surface area contributed by atoms with Crippen molar-refractivity contribution in [3.8, 4) is 0 Å². The van der Waals surface area contributed by atoms with Crippen molar-refractivity contribution in [2.75, 3.05) is 31.6 Å². The molecular weight excluding hydrogens is 242 g/mol. The Morgan fingerprint density at radius 3 is 3.21 bits per heavy atom. The van der Waals surface area contributed by atoms with E-state index in [2.05, 4.69) is 22.1 Å². The number of carbonyl (C=O) groups excluding carboxylic acids is 1. The summed E-state index contributed by atoms with van der Waals surface area (Å²) in [5.74, 6) is 0.344. The SMILES string of the molecule is CCN1C[C@@H]2[C@H](C1)OC[C@@H]2C(=O)Nc1cccnc1. The number of nitrogens with zero attached hydrogens (tertiary/aromatic N) is 2. The lowest BCUT2D eigenvalue weighted by atomic mass is 9.92. The molecule has 2 aliphatic rings. The molecule has 1 N–H and O–H groups in total. The van der Waals surface area contributed by atoms with Gasteiger partial charge in [0.05, 0.1) is 30.5 Å². The Labute approximate surface area is 113 Å². The molecule has 19 heavy (non-hydrogen) atoms. The number of amides is 1. The van der Waals surface area contributed by atoms with E-state index in [1.54, 1.807) is 12.4 Å². The summed E-state index contributed by atoms with van der Waals surface area (Å²) in [4.78, 5) is 18.7. The van der Waals surface area contributed by atoms with E-state index in [9.17, 15) is 4.79 Å². The molecule has 3 atom stereocenters. The molecule has 0 unspecified atom stereocenters. The third-order valence-corrected chi connectivity index (χ3v) is 4.10. The van der Waals surface area contributed by atoms with Crippen molar-refractivity contribution < 1.29 is 9.53 Å². The van der Waals surface area contributed by atoms with Crippen LogP contribution in [0.1, 0.15) is 6.92 Å². The average Bonchev–Trinajstić information content (AvgIpc) is 2.98. The number of rotatable bonds is 3. The van der Waals surface area contributed by atoms with Crippen LogP contribution in [0, 0.1) is 11.8 Å². The number of fused-ring (bicyclic) bond motifs is 1. The van der Waals surface area contributed by atoms with Gasteiger partial charge >= 0.3 is 0 Å². The zero-order valence-corrected chi connectivity index (χ0v) is 11.1. The number of hydrogen-bond donors (Lipinski definition) is 1. The van der Waals surface area contributed by atoms with Crippen LogP contribution in [0.5, 0.6) is 0 Å². The number of aromatic nitrogens is 1. The maximum absolute atomic E-state index is 12.3. The number of hydrogen-bond acceptors (Lipinski definition) is 4. The molecule has 1 aromatic heterocycles. The maximum atomic E-state index is 12.3. The molecule has 0 aliphatic carbocycles. The largest absolute Gasteiger partial charge is 0.376 e. The van der Waals surface area contributed by atoms with E-state index in [4.69, 9.17) is 4.74 Å². The van der Waals surface area contributed by atoms with Gasteiger partial charge in [0.25, 0.3) is 0 Å². The van der Waals surface area contributed by atoms with Gasteiger partial charge in [0.15, 0.2) is 0 Å². The van der Waals surface area contributed by atoms with Gasteiger partial charge in [-0.05, 0) is 18.7 Å². The molecule has 2 aliphatic heterocycles. The number of anilines is 1. The molecular formula is C14H19N3O2. The van der Waals surface area contributed by atoms with Gasteiger partial charge in [-0.25, -0.2) is 0 Å². The van der Waals surface area contributed by atoms with Crippen LogP contribution < -0.4 is 5.32 Å². The fraction of sp³-hybridized carbons (Fsp3) is 0.571. The van der Waals surface area contributed by atoms with Crippen LogP contribution in [-0.2, 0) is 9.53 Å². The summed E-state index contributed by atoms with van der Waals surface area (Å²) in [7, 11) is 0. The number of ether oxygens (including phenoxy) is 1. The van der Waals surface area contributed by atoms with Gasteiger partial charge < -0.3 is 15.0 Å². The minimum atomic E-state index is -0.0400. The highest BCUT2D eigenvalue weighted by Crippen LogP contribution is 2.34. The van der Waals surface area contributed by atoms with Crippen molar-refractivity contribution in [3.05, 3.63) is 24.5 Å². The topological polar surface area (TPSA) is 54.5 Å². The number of likely N-dealkylation sites (N-methyl/N-ethyl adjacent to an activating group) is 1. The summed E-state index contributed by atoms with van der Waals surface area (Å²) in [6, 6.07) is 3.67. The minimum Gasteiger partial charge on any atom is -0.376 e. The van der Waals surface area contributed by atoms with Gasteiger partial charge in [0, 0.05) is 25.2 Å². The van der Waals surface area contributed by atoms with E-state index >= 15 is 0 Å². The summed E-state index contributed by atoms with van der Waals surface area (Å²) in [6.45, 7) is 5.63. The molecule has 1 aromatic rings. The highest BCUT2D eigenvalue weighted by Gasteiger charge is 2.46. The summed E-state index contributed by atoms with van der Waals surface area (Å²) < 4.78 is 5.76. The van der Waals surface area contributed by atoms with Crippen LogP contribution in [0.3, 0.4) is 0 Å². The Hall–Kier alpha value is -1.46. The Kier molecular flexibility index (Phi) is 3.48. The molecule has 1 amide bonds. The first kappa shape index (κ1) is 12.6. The second-order valence-corrected chi connectivity index (χ2v) is 5.23. The molecule has 5 heteroatoms. The van der Waals surface area contributed by atoms with E-state index in [0.29, 0.717) is 12.5 Å². The zero-order chi connectivity index (χ0) is 13.2. The third-order valence-electron chi connectivity index (χ3n) is 4.10. The maximum Gasteiger partial charge on any atom is 0.230 e. The van der Waals surface area contributed by atoms with Crippen LogP contribution in [-0.4, -0.2) is 48.1 Å². The normalized spacial score (nSPS) is 30.3. The predicted molar refractivity (Wildman–Crippen MR) is 71.7 cm³/mol. The van der Waals surface area contributed by atoms with Crippen LogP contribution in [0.2, 0.25) is 0 Å². The Bertz CT molecular complexity index is 451. The summed E-state index contributed by atoms with van der Waals surface area (Å²) in [5.41, 5.74) is 0.751. The first-order valence-electron chi connectivity index (χ1n) is 6.82. The van der Waals surface area contributed by atoms with Crippen LogP contribution >= 0.6 is 0 Å². The second-order valence-electron chi connectivity index (χ2n) is 5.23. The third kappa shape index (κ3) is 2.48. The Morgan fingerprint density at radius 1 is 1.58 bits per heavy atom. The van der Waals surface area contributed by atoms with E-state index in [0.717, 1.165) is 25.3 Å². The van der Waals surface area contributed by atoms with Gasteiger partial charge in [0.2, 0.25) is 5.91 Å². The predicted octanol–water partition coefficient (Wildman–Crippen LogP) is 0.987. The smallest absolute Gasteiger partial charge is 0.230 e. The van der Waals surface area contributed by atoms with Crippen molar-refractivity contribution in [3.63, 3.8) is 0 Å². The van der Waals surface area contributed by atoms with Crippen LogP contribution in [0.4, 0.5) is 5.69 Å². The molecule has 0 radical (unpaired) electrons. The summed E-state index contributed by atoms with van der Waals surface area (Å²) in [5, 5.41) is 2.93.